The van der Waals surface area contributed by atoms with Gasteiger partial charge in [0.1, 0.15) is 0 Å². The minimum Gasteiger partial charge on any atom is -0.454 e. The van der Waals surface area contributed by atoms with Gasteiger partial charge >= 0.3 is 11.8 Å². The van der Waals surface area contributed by atoms with Gasteiger partial charge in [0.05, 0.1) is 12.6 Å². The van der Waals surface area contributed by atoms with E-state index in [-0.39, 0.29) is 19.9 Å². The van der Waals surface area contributed by atoms with Gasteiger partial charge in [-0.05, 0) is 24.1 Å². The molecule has 1 aromatic carbocycles. The van der Waals surface area contributed by atoms with Crippen molar-refractivity contribution < 1.29 is 24.2 Å². The highest BCUT2D eigenvalue weighted by Gasteiger charge is 2.17. The van der Waals surface area contributed by atoms with Crippen molar-refractivity contribution in [3.63, 3.8) is 0 Å². The number of fused-ring (bicyclic) bond motifs is 1. The van der Waals surface area contributed by atoms with E-state index in [0.29, 0.717) is 17.9 Å². The smallest absolute Gasteiger partial charge is 0.309 e. The minimum absolute atomic E-state index is 0.188. The maximum atomic E-state index is 11.7. The Morgan fingerprint density at radius 1 is 1.29 bits per heavy atom. The normalized spacial score (nSPS) is 13.6. The van der Waals surface area contributed by atoms with Crippen LogP contribution in [0.1, 0.15) is 18.9 Å². The second-order valence-corrected chi connectivity index (χ2v) is 4.63. The summed E-state index contributed by atoms with van der Waals surface area (Å²) in [4.78, 5) is 23.3. The standard InChI is InChI=1S/C14H18N2O5/c1-2-10(7-17)16-14(19)13(18)15-6-9-3-4-11-12(5-9)21-8-20-11/h3-5,10,17H,2,6-8H2,1H3,(H,15,18)(H,16,19)/t10-/m0/s1. The lowest BCUT2D eigenvalue weighted by Crippen LogP contribution is -2.45. The van der Waals surface area contributed by atoms with Crippen LogP contribution in [0.3, 0.4) is 0 Å². The van der Waals surface area contributed by atoms with Gasteiger partial charge in [0.2, 0.25) is 6.79 Å². The quantitative estimate of drug-likeness (QED) is 0.660. The predicted octanol–water partition coefficient (Wildman–Crippen LogP) is -0.0814. The predicted molar refractivity (Wildman–Crippen MR) is 73.7 cm³/mol. The molecular weight excluding hydrogens is 276 g/mol. The average molecular weight is 294 g/mol. The molecule has 1 aliphatic rings. The molecule has 2 amide bonds. The van der Waals surface area contributed by atoms with Gasteiger partial charge in [-0.2, -0.15) is 0 Å². The highest BCUT2D eigenvalue weighted by molar-refractivity contribution is 6.35. The van der Waals surface area contributed by atoms with E-state index in [2.05, 4.69) is 10.6 Å². The molecular formula is C14H18N2O5. The van der Waals surface area contributed by atoms with Crippen LogP contribution < -0.4 is 20.1 Å². The maximum absolute atomic E-state index is 11.7. The largest absolute Gasteiger partial charge is 0.454 e. The fourth-order valence-corrected chi connectivity index (χ4v) is 1.84. The van der Waals surface area contributed by atoms with Gasteiger partial charge in [-0.3, -0.25) is 9.59 Å². The molecule has 114 valence electrons. The van der Waals surface area contributed by atoms with Crippen LogP contribution in [0.15, 0.2) is 18.2 Å². The fourth-order valence-electron chi connectivity index (χ4n) is 1.84. The molecule has 1 atom stereocenters. The van der Waals surface area contributed by atoms with Crippen LogP contribution in [-0.2, 0) is 16.1 Å². The lowest BCUT2D eigenvalue weighted by atomic mass is 10.2. The Morgan fingerprint density at radius 2 is 2.05 bits per heavy atom. The van der Waals surface area contributed by atoms with E-state index in [1.807, 2.05) is 6.92 Å². The zero-order valence-electron chi connectivity index (χ0n) is 11.7. The van der Waals surface area contributed by atoms with Crippen molar-refractivity contribution in [1.82, 2.24) is 10.6 Å². The SMILES string of the molecule is CC[C@@H](CO)NC(=O)C(=O)NCc1ccc2c(c1)OCO2. The zero-order chi connectivity index (χ0) is 15.2. The minimum atomic E-state index is -0.753. The summed E-state index contributed by atoms with van der Waals surface area (Å²) in [5, 5.41) is 13.9. The summed E-state index contributed by atoms with van der Waals surface area (Å²) >= 11 is 0. The Hall–Kier alpha value is -2.28. The van der Waals surface area contributed by atoms with Crippen molar-refractivity contribution in [3.05, 3.63) is 23.8 Å². The third kappa shape index (κ3) is 3.85. The molecule has 7 heteroatoms. The van der Waals surface area contributed by atoms with Gasteiger partial charge in [-0.25, -0.2) is 0 Å². The summed E-state index contributed by atoms with van der Waals surface area (Å²) in [6.45, 7) is 2.01. The van der Waals surface area contributed by atoms with E-state index in [9.17, 15) is 9.59 Å². The van der Waals surface area contributed by atoms with Crippen molar-refractivity contribution >= 4 is 11.8 Å². The Kier molecular flexibility index (Phi) is 4.99. The van der Waals surface area contributed by atoms with Crippen LogP contribution in [-0.4, -0.2) is 36.4 Å². The first-order chi connectivity index (χ1) is 10.1. The van der Waals surface area contributed by atoms with Crippen molar-refractivity contribution in [2.75, 3.05) is 13.4 Å². The average Bonchev–Trinajstić information content (AvgIpc) is 2.97. The molecule has 3 N–H and O–H groups in total. The zero-order valence-corrected chi connectivity index (χ0v) is 11.7. The van der Waals surface area contributed by atoms with E-state index >= 15 is 0 Å². The first kappa shape index (κ1) is 15.1. The number of rotatable bonds is 5. The monoisotopic (exact) mass is 294 g/mol. The molecule has 1 aromatic rings. The first-order valence-corrected chi connectivity index (χ1v) is 6.72. The Bertz CT molecular complexity index is 528. The highest BCUT2D eigenvalue weighted by atomic mass is 16.7. The van der Waals surface area contributed by atoms with Gasteiger partial charge in [-0.1, -0.05) is 13.0 Å². The number of aliphatic hydroxyl groups is 1. The molecule has 0 bridgehead atoms. The molecule has 2 rings (SSSR count). The molecule has 0 spiro atoms. The third-order valence-electron chi connectivity index (χ3n) is 3.14. The van der Waals surface area contributed by atoms with Gasteiger partial charge in [0.25, 0.3) is 0 Å². The van der Waals surface area contributed by atoms with Crippen molar-refractivity contribution in [2.24, 2.45) is 0 Å². The molecule has 0 unspecified atom stereocenters. The Balaban J connectivity index is 1.85. The van der Waals surface area contributed by atoms with Crippen LogP contribution in [0, 0.1) is 0 Å². The Labute approximate surface area is 122 Å². The topological polar surface area (TPSA) is 96.9 Å². The molecule has 0 saturated heterocycles. The lowest BCUT2D eigenvalue weighted by Gasteiger charge is -2.13. The maximum Gasteiger partial charge on any atom is 0.309 e. The van der Waals surface area contributed by atoms with Gasteiger partial charge in [-0.15, -0.1) is 0 Å². The van der Waals surface area contributed by atoms with Crippen LogP contribution in [0.25, 0.3) is 0 Å². The van der Waals surface area contributed by atoms with Crippen LogP contribution >= 0.6 is 0 Å². The first-order valence-electron chi connectivity index (χ1n) is 6.72. The van der Waals surface area contributed by atoms with Crippen molar-refractivity contribution in [2.45, 2.75) is 25.9 Å². The van der Waals surface area contributed by atoms with Crippen molar-refractivity contribution in [1.29, 1.82) is 0 Å². The van der Waals surface area contributed by atoms with E-state index < -0.39 is 17.9 Å². The summed E-state index contributed by atoms with van der Waals surface area (Å²) in [6.07, 6.45) is 0.553. The highest BCUT2D eigenvalue weighted by Crippen LogP contribution is 2.32. The second-order valence-electron chi connectivity index (χ2n) is 4.63. The Morgan fingerprint density at radius 3 is 2.76 bits per heavy atom. The molecule has 0 aliphatic carbocycles. The van der Waals surface area contributed by atoms with Gasteiger partial charge in [0, 0.05) is 6.54 Å². The molecule has 7 nitrogen and oxygen atoms in total. The summed E-state index contributed by atoms with van der Waals surface area (Å²) in [6, 6.07) is 4.88. The van der Waals surface area contributed by atoms with E-state index in [4.69, 9.17) is 14.6 Å². The van der Waals surface area contributed by atoms with Gasteiger partial charge < -0.3 is 25.2 Å². The number of carbonyl (C=O) groups is 2. The lowest BCUT2D eigenvalue weighted by molar-refractivity contribution is -0.139. The third-order valence-corrected chi connectivity index (χ3v) is 3.14. The molecule has 0 aromatic heterocycles. The summed E-state index contributed by atoms with van der Waals surface area (Å²) < 4.78 is 10.4. The molecule has 21 heavy (non-hydrogen) atoms. The van der Waals surface area contributed by atoms with E-state index in [0.717, 1.165) is 5.56 Å². The van der Waals surface area contributed by atoms with Crippen LogP contribution in [0.5, 0.6) is 11.5 Å². The number of aliphatic hydroxyl groups excluding tert-OH is 1. The number of nitrogens with one attached hydrogen (secondary N) is 2. The second kappa shape index (κ2) is 6.94. The van der Waals surface area contributed by atoms with E-state index in [1.165, 1.54) is 0 Å². The van der Waals surface area contributed by atoms with Crippen LogP contribution in [0.4, 0.5) is 0 Å². The summed E-state index contributed by atoms with van der Waals surface area (Å²) in [5.41, 5.74) is 0.801. The number of benzene rings is 1. The van der Waals surface area contributed by atoms with Gasteiger partial charge in [0.15, 0.2) is 11.5 Å². The van der Waals surface area contributed by atoms with Crippen molar-refractivity contribution in [3.8, 4) is 11.5 Å². The van der Waals surface area contributed by atoms with Crippen LogP contribution in [0.2, 0.25) is 0 Å². The number of ether oxygens (including phenoxy) is 2. The summed E-state index contributed by atoms with van der Waals surface area (Å²) in [7, 11) is 0. The molecule has 0 fully saturated rings. The number of carbonyl (C=O) groups excluding carboxylic acids is 2. The molecule has 1 heterocycles. The molecule has 1 aliphatic heterocycles. The molecule has 0 radical (unpaired) electrons. The summed E-state index contributed by atoms with van der Waals surface area (Å²) in [5.74, 6) is -0.203. The number of hydrogen-bond donors (Lipinski definition) is 3. The number of hydrogen-bond acceptors (Lipinski definition) is 5. The number of amides is 2. The van der Waals surface area contributed by atoms with E-state index in [1.54, 1.807) is 18.2 Å². The fraction of sp³-hybridized carbons (Fsp3) is 0.429. The molecule has 0 saturated carbocycles.